The number of nitrogens with one attached hydrogen (secondary N) is 2. The summed E-state index contributed by atoms with van der Waals surface area (Å²) >= 11 is 0. The van der Waals surface area contributed by atoms with Crippen LogP contribution in [-0.4, -0.2) is 16.4 Å². The molecule has 1 heterocycles. The van der Waals surface area contributed by atoms with Gasteiger partial charge in [0.25, 0.3) is 5.91 Å². The summed E-state index contributed by atoms with van der Waals surface area (Å²) in [6.45, 7) is 6.31. The fourth-order valence-corrected chi connectivity index (χ4v) is 3.23. The van der Waals surface area contributed by atoms with Gasteiger partial charge in [0.15, 0.2) is 0 Å². The van der Waals surface area contributed by atoms with Crippen LogP contribution in [0.5, 0.6) is 0 Å². The highest BCUT2D eigenvalue weighted by Gasteiger charge is 2.30. The number of H-pyrrole nitrogens is 1. The number of carbonyl (C=O) groups excluding carboxylic acids is 1. The fourth-order valence-electron chi connectivity index (χ4n) is 3.23. The Morgan fingerprint density at radius 2 is 1.95 bits per heavy atom. The zero-order chi connectivity index (χ0) is 14.3. The number of aromatic nitrogens is 1. The molecule has 0 radical (unpaired) electrons. The van der Waals surface area contributed by atoms with E-state index >= 15 is 0 Å². The quantitative estimate of drug-likeness (QED) is 0.855. The monoisotopic (exact) mass is 270 g/mol. The predicted octanol–water partition coefficient (Wildman–Crippen LogP) is 3.85. The number of benzene rings is 1. The Morgan fingerprint density at radius 1 is 1.25 bits per heavy atom. The minimum absolute atomic E-state index is 0.0187. The molecule has 0 saturated heterocycles. The molecule has 1 amide bonds. The van der Waals surface area contributed by atoms with Crippen LogP contribution in [0.1, 0.15) is 54.2 Å². The van der Waals surface area contributed by atoms with Crippen molar-refractivity contribution in [2.75, 3.05) is 0 Å². The maximum Gasteiger partial charge on any atom is 0.251 e. The van der Waals surface area contributed by atoms with E-state index in [1.807, 2.05) is 18.2 Å². The summed E-state index contributed by atoms with van der Waals surface area (Å²) in [4.78, 5) is 15.8. The molecule has 3 nitrogen and oxygen atoms in total. The highest BCUT2D eigenvalue weighted by molar-refractivity contribution is 5.99. The van der Waals surface area contributed by atoms with Crippen LogP contribution < -0.4 is 5.32 Å². The van der Waals surface area contributed by atoms with Gasteiger partial charge in [0, 0.05) is 27.7 Å². The molecular formula is C17H22N2O. The molecule has 0 aliphatic heterocycles. The van der Waals surface area contributed by atoms with Gasteiger partial charge in [-0.2, -0.15) is 0 Å². The summed E-state index contributed by atoms with van der Waals surface area (Å²) in [5.41, 5.74) is 4.23. The molecule has 2 aromatic rings. The number of hydrogen-bond donors (Lipinski definition) is 2. The molecule has 1 aromatic carbocycles. The van der Waals surface area contributed by atoms with Crippen molar-refractivity contribution in [2.24, 2.45) is 0 Å². The maximum absolute atomic E-state index is 12.4. The summed E-state index contributed by atoms with van der Waals surface area (Å²) < 4.78 is 0. The van der Waals surface area contributed by atoms with Crippen molar-refractivity contribution in [1.29, 1.82) is 0 Å². The van der Waals surface area contributed by atoms with Gasteiger partial charge in [-0.15, -0.1) is 0 Å². The third-order valence-electron chi connectivity index (χ3n) is 4.69. The van der Waals surface area contributed by atoms with E-state index in [2.05, 4.69) is 31.1 Å². The topological polar surface area (TPSA) is 44.9 Å². The van der Waals surface area contributed by atoms with E-state index < -0.39 is 0 Å². The molecule has 1 saturated carbocycles. The van der Waals surface area contributed by atoms with Crippen LogP contribution in [0.2, 0.25) is 0 Å². The van der Waals surface area contributed by atoms with Crippen molar-refractivity contribution in [3.8, 4) is 0 Å². The first-order chi connectivity index (χ1) is 9.48. The molecule has 0 atom stereocenters. The normalized spacial score (nSPS) is 17.6. The molecule has 0 unspecified atom stereocenters. The molecule has 1 fully saturated rings. The van der Waals surface area contributed by atoms with E-state index in [0.29, 0.717) is 0 Å². The Balaban J connectivity index is 1.89. The highest BCUT2D eigenvalue weighted by Crippen LogP contribution is 2.29. The van der Waals surface area contributed by atoms with Crippen LogP contribution in [-0.2, 0) is 0 Å². The van der Waals surface area contributed by atoms with E-state index in [1.165, 1.54) is 24.1 Å². The highest BCUT2D eigenvalue weighted by atomic mass is 16.1. The van der Waals surface area contributed by atoms with Crippen molar-refractivity contribution >= 4 is 16.8 Å². The van der Waals surface area contributed by atoms with Gasteiger partial charge in [0.1, 0.15) is 0 Å². The lowest BCUT2D eigenvalue weighted by molar-refractivity contribution is 0.0908. The first kappa shape index (κ1) is 13.2. The number of fused-ring (bicyclic) bond motifs is 1. The standard InChI is InChI=1S/C17H22N2O/c1-11-12(2)18-15-7-6-13(10-14(11)15)16(20)19-17(3)8-4-5-9-17/h6-7,10,18H,4-5,8-9H2,1-3H3,(H,19,20). The van der Waals surface area contributed by atoms with E-state index in [-0.39, 0.29) is 11.4 Å². The van der Waals surface area contributed by atoms with E-state index in [4.69, 9.17) is 0 Å². The van der Waals surface area contributed by atoms with Gasteiger partial charge in [0.05, 0.1) is 0 Å². The van der Waals surface area contributed by atoms with Gasteiger partial charge < -0.3 is 10.3 Å². The van der Waals surface area contributed by atoms with Crippen molar-refractivity contribution in [1.82, 2.24) is 10.3 Å². The predicted molar refractivity (Wildman–Crippen MR) is 82.1 cm³/mol. The first-order valence-corrected chi connectivity index (χ1v) is 7.40. The average Bonchev–Trinajstić information content (AvgIpc) is 2.95. The molecule has 1 aliphatic carbocycles. The van der Waals surface area contributed by atoms with Gasteiger partial charge in [0.2, 0.25) is 0 Å². The Morgan fingerprint density at radius 3 is 2.65 bits per heavy atom. The van der Waals surface area contributed by atoms with Crippen LogP contribution in [0.15, 0.2) is 18.2 Å². The molecule has 1 aliphatic rings. The second kappa shape index (κ2) is 4.65. The molecule has 0 bridgehead atoms. The zero-order valence-corrected chi connectivity index (χ0v) is 12.5. The summed E-state index contributed by atoms with van der Waals surface area (Å²) in [6, 6.07) is 5.91. The third-order valence-corrected chi connectivity index (χ3v) is 4.69. The molecule has 2 N–H and O–H groups in total. The molecular weight excluding hydrogens is 248 g/mol. The maximum atomic E-state index is 12.4. The van der Waals surface area contributed by atoms with Crippen LogP contribution >= 0.6 is 0 Å². The Kier molecular flexibility index (Phi) is 3.08. The van der Waals surface area contributed by atoms with Gasteiger partial charge in [-0.3, -0.25) is 4.79 Å². The summed E-state index contributed by atoms with van der Waals surface area (Å²) in [7, 11) is 0. The lowest BCUT2D eigenvalue weighted by Crippen LogP contribution is -2.43. The molecule has 20 heavy (non-hydrogen) atoms. The third kappa shape index (κ3) is 2.21. The van der Waals surface area contributed by atoms with E-state index in [9.17, 15) is 4.79 Å². The molecule has 3 heteroatoms. The second-order valence-corrected chi connectivity index (χ2v) is 6.36. The van der Waals surface area contributed by atoms with Crippen molar-refractivity contribution in [3.63, 3.8) is 0 Å². The summed E-state index contributed by atoms with van der Waals surface area (Å²) in [5.74, 6) is 0.0505. The number of carbonyl (C=O) groups is 1. The van der Waals surface area contributed by atoms with Crippen LogP contribution in [0.25, 0.3) is 10.9 Å². The summed E-state index contributed by atoms with van der Waals surface area (Å²) in [5, 5.41) is 4.36. The number of aromatic amines is 1. The fraction of sp³-hybridized carbons (Fsp3) is 0.471. The molecule has 0 spiro atoms. The van der Waals surface area contributed by atoms with Crippen molar-refractivity contribution < 1.29 is 4.79 Å². The SMILES string of the molecule is Cc1[nH]c2ccc(C(=O)NC3(C)CCCC3)cc2c1C. The van der Waals surface area contributed by atoms with Gasteiger partial charge in [-0.1, -0.05) is 12.8 Å². The lowest BCUT2D eigenvalue weighted by atomic mass is 9.99. The van der Waals surface area contributed by atoms with E-state index in [0.717, 1.165) is 29.3 Å². The first-order valence-electron chi connectivity index (χ1n) is 7.40. The Labute approximate surface area is 119 Å². The lowest BCUT2D eigenvalue weighted by Gasteiger charge is -2.25. The minimum Gasteiger partial charge on any atom is -0.358 e. The molecule has 1 aromatic heterocycles. The Hall–Kier alpha value is -1.77. The zero-order valence-electron chi connectivity index (χ0n) is 12.5. The van der Waals surface area contributed by atoms with Gasteiger partial charge in [-0.05, 0) is 57.4 Å². The number of aryl methyl sites for hydroxylation is 2. The largest absolute Gasteiger partial charge is 0.358 e. The smallest absolute Gasteiger partial charge is 0.251 e. The van der Waals surface area contributed by atoms with Crippen LogP contribution in [0.4, 0.5) is 0 Å². The van der Waals surface area contributed by atoms with Gasteiger partial charge in [-0.25, -0.2) is 0 Å². The number of rotatable bonds is 2. The minimum atomic E-state index is -0.0187. The number of amides is 1. The average molecular weight is 270 g/mol. The van der Waals surface area contributed by atoms with Crippen molar-refractivity contribution in [2.45, 2.75) is 52.0 Å². The summed E-state index contributed by atoms with van der Waals surface area (Å²) in [6.07, 6.45) is 4.60. The molecule has 3 rings (SSSR count). The van der Waals surface area contributed by atoms with Crippen LogP contribution in [0.3, 0.4) is 0 Å². The van der Waals surface area contributed by atoms with E-state index in [1.54, 1.807) is 0 Å². The van der Waals surface area contributed by atoms with Crippen molar-refractivity contribution in [3.05, 3.63) is 35.0 Å². The van der Waals surface area contributed by atoms with Crippen LogP contribution in [0, 0.1) is 13.8 Å². The second-order valence-electron chi connectivity index (χ2n) is 6.36. The van der Waals surface area contributed by atoms with Gasteiger partial charge >= 0.3 is 0 Å². The number of hydrogen-bond acceptors (Lipinski definition) is 1. The Bertz CT molecular complexity index is 663. The molecule has 106 valence electrons.